The molecule has 5 heterocycles. The van der Waals surface area contributed by atoms with Gasteiger partial charge in [0.05, 0.1) is 32.3 Å². The highest BCUT2D eigenvalue weighted by molar-refractivity contribution is 8.55. The number of aliphatic hydroxyl groups is 2. The lowest BCUT2D eigenvalue weighted by Gasteiger charge is -2.27. The van der Waals surface area contributed by atoms with E-state index in [9.17, 15) is 29.2 Å². The third-order valence-corrected chi connectivity index (χ3v) is 11.2. The average molecular weight is 762 g/mol. The second-order valence-electron chi connectivity index (χ2n) is 11.2. The van der Waals surface area contributed by atoms with Crippen molar-refractivity contribution in [3.63, 3.8) is 0 Å². The van der Waals surface area contributed by atoms with Gasteiger partial charge in [0.2, 0.25) is 0 Å². The molecule has 8 atom stereocenters. The first-order chi connectivity index (χ1) is 24.6. The maximum atomic E-state index is 14.3. The van der Waals surface area contributed by atoms with Crippen LogP contribution in [0.1, 0.15) is 38.6 Å². The Bertz CT molecular complexity index is 1780. The van der Waals surface area contributed by atoms with Gasteiger partial charge in [-0.2, -0.15) is 0 Å². The van der Waals surface area contributed by atoms with Crippen LogP contribution in [0, 0.1) is 0 Å². The number of ether oxygens (including phenoxy) is 6. The van der Waals surface area contributed by atoms with Crippen LogP contribution in [-0.2, 0) is 42.0 Å². The number of anilines is 1. The SMILES string of the molecule is CCCCOCCOC(=O)OCSP(=O)(OCC1O[C@@H](n2cnc3c(N)ncnc32)C[C@H]1O)OC1C(CO)OC(n2ccc(=O)[nH]c2=O)C1OC. The van der Waals surface area contributed by atoms with Gasteiger partial charge in [-0.25, -0.2) is 29.1 Å². The minimum Gasteiger partial charge on any atom is -0.432 e. The maximum absolute atomic E-state index is 14.3. The molecule has 0 bridgehead atoms. The van der Waals surface area contributed by atoms with E-state index < -0.39 is 86.3 Å². The summed E-state index contributed by atoms with van der Waals surface area (Å²) in [5.41, 5.74) is 5.14. The van der Waals surface area contributed by atoms with E-state index >= 15 is 0 Å². The molecule has 5 rings (SSSR count). The van der Waals surface area contributed by atoms with Gasteiger partial charge in [0, 0.05) is 43.8 Å². The highest BCUT2D eigenvalue weighted by atomic mass is 32.7. The number of imidazole rings is 1. The highest BCUT2D eigenvalue weighted by Crippen LogP contribution is 2.63. The van der Waals surface area contributed by atoms with Gasteiger partial charge in [0.1, 0.15) is 49.1 Å². The highest BCUT2D eigenvalue weighted by Gasteiger charge is 2.51. The summed E-state index contributed by atoms with van der Waals surface area (Å²) < 4.78 is 61.5. The number of nitrogen functional groups attached to an aromatic ring is 1. The predicted octanol–water partition coefficient (Wildman–Crippen LogP) is 0.682. The number of nitrogens with two attached hydrogens (primary N) is 1. The topological polar surface area (TPSA) is 273 Å². The zero-order valence-electron chi connectivity index (χ0n) is 27.7. The number of carbonyl (C=O) groups excluding carboxylic acids is 1. The number of H-pyrrole nitrogens is 1. The lowest BCUT2D eigenvalue weighted by Crippen LogP contribution is -2.39. The zero-order chi connectivity index (χ0) is 36.5. The molecular formula is C28H40N7O14PS. The molecule has 23 heteroatoms. The van der Waals surface area contributed by atoms with Crippen LogP contribution in [0.2, 0.25) is 0 Å². The van der Waals surface area contributed by atoms with Gasteiger partial charge in [-0.1, -0.05) is 13.3 Å². The van der Waals surface area contributed by atoms with Gasteiger partial charge in [-0.15, -0.1) is 0 Å². The van der Waals surface area contributed by atoms with E-state index in [1.807, 2.05) is 6.92 Å². The van der Waals surface area contributed by atoms with E-state index in [1.54, 1.807) is 4.57 Å². The molecule has 0 spiro atoms. The quantitative estimate of drug-likeness (QED) is 0.0600. The van der Waals surface area contributed by atoms with E-state index in [2.05, 4.69) is 19.9 Å². The lowest BCUT2D eigenvalue weighted by molar-refractivity contribution is -0.0625. The standard InChI is InChI=1S/C28H40N7O14PS/c1-3-4-7-43-8-9-44-28(40)45-15-51-50(41,49-22-17(11-36)48-26(23(22)42-2)34-6-5-19(38)33-27(34)39)46-12-18-16(37)10-20(47-18)35-14-32-21-24(29)30-13-31-25(21)35/h5-6,13-14,16-18,20,22-23,26,36-37H,3-4,7-12,15H2,1-2H3,(H2,29,30,31)(H,33,38,39)/t16-,17?,18?,20-,22?,23?,26?,50?/m1/s1. The summed E-state index contributed by atoms with van der Waals surface area (Å²) in [6.07, 6.45) is -3.06. The van der Waals surface area contributed by atoms with Gasteiger partial charge >= 0.3 is 18.6 Å². The van der Waals surface area contributed by atoms with Crippen molar-refractivity contribution in [2.75, 3.05) is 51.8 Å². The summed E-state index contributed by atoms with van der Waals surface area (Å²) >= 11 is 0.468. The number of aromatic nitrogens is 6. The van der Waals surface area contributed by atoms with Crippen molar-refractivity contribution in [3.8, 4) is 0 Å². The number of fused-ring (bicyclic) bond motifs is 1. The van der Waals surface area contributed by atoms with Gasteiger partial charge in [0.25, 0.3) is 5.56 Å². The number of methoxy groups -OCH3 is 1. The first-order valence-electron chi connectivity index (χ1n) is 15.9. The molecule has 2 fully saturated rings. The molecule has 0 saturated carbocycles. The molecule has 0 amide bonds. The van der Waals surface area contributed by atoms with E-state index in [0.29, 0.717) is 29.2 Å². The van der Waals surface area contributed by atoms with Gasteiger partial charge in [-0.3, -0.25) is 28.0 Å². The first kappa shape index (κ1) is 38.8. The number of rotatable bonds is 18. The zero-order valence-corrected chi connectivity index (χ0v) is 29.4. The smallest absolute Gasteiger partial charge is 0.432 e. The first-order valence-corrected chi connectivity index (χ1v) is 19.0. The number of aliphatic hydroxyl groups excluding tert-OH is 2. The molecule has 2 saturated heterocycles. The van der Waals surface area contributed by atoms with Crippen LogP contribution in [0.3, 0.4) is 0 Å². The summed E-state index contributed by atoms with van der Waals surface area (Å²) in [6.45, 7) is -2.92. The Morgan fingerprint density at radius 2 is 1.96 bits per heavy atom. The molecule has 2 aliphatic rings. The molecule has 0 aliphatic carbocycles. The Balaban J connectivity index is 1.29. The summed E-state index contributed by atoms with van der Waals surface area (Å²) in [7, 11) is 1.28. The average Bonchev–Trinajstić information content (AvgIpc) is 3.80. The molecule has 51 heavy (non-hydrogen) atoms. The van der Waals surface area contributed by atoms with E-state index in [1.165, 1.54) is 26.0 Å². The van der Waals surface area contributed by atoms with Crippen LogP contribution in [0.5, 0.6) is 0 Å². The summed E-state index contributed by atoms with van der Waals surface area (Å²) in [4.78, 5) is 50.8. The van der Waals surface area contributed by atoms with E-state index in [0.717, 1.165) is 23.5 Å². The monoisotopic (exact) mass is 761 g/mol. The molecular weight excluding hydrogens is 721 g/mol. The fourth-order valence-corrected chi connectivity index (χ4v) is 8.12. The molecule has 6 unspecified atom stereocenters. The van der Waals surface area contributed by atoms with Gasteiger partial charge in [0.15, 0.2) is 23.6 Å². The number of aromatic amines is 1. The van der Waals surface area contributed by atoms with Crippen molar-refractivity contribution in [3.05, 3.63) is 45.8 Å². The number of carbonyl (C=O) groups is 1. The van der Waals surface area contributed by atoms with Crippen molar-refractivity contribution in [1.82, 2.24) is 29.1 Å². The Kier molecular flexibility index (Phi) is 13.6. The second kappa shape index (κ2) is 17.9. The molecule has 5 N–H and O–H groups in total. The minimum absolute atomic E-state index is 0.0700. The van der Waals surface area contributed by atoms with Crippen LogP contribution in [0.4, 0.5) is 10.6 Å². The maximum Gasteiger partial charge on any atom is 0.509 e. The third kappa shape index (κ3) is 9.52. The van der Waals surface area contributed by atoms with Crippen LogP contribution in [0.15, 0.2) is 34.5 Å². The van der Waals surface area contributed by atoms with Gasteiger partial charge in [-0.05, 0) is 6.42 Å². The Labute approximate surface area is 293 Å². The fraction of sp³-hybridized carbons (Fsp3) is 0.643. The second-order valence-corrected chi connectivity index (χ2v) is 15.2. The molecule has 0 aromatic carbocycles. The van der Waals surface area contributed by atoms with Crippen LogP contribution in [0.25, 0.3) is 11.2 Å². The van der Waals surface area contributed by atoms with Gasteiger partial charge < -0.3 is 44.4 Å². The Morgan fingerprint density at radius 3 is 2.71 bits per heavy atom. The minimum atomic E-state index is -4.42. The Hall–Kier alpha value is -3.44. The van der Waals surface area contributed by atoms with Crippen molar-refractivity contribution >= 4 is 41.3 Å². The molecule has 282 valence electrons. The van der Waals surface area contributed by atoms with E-state index in [4.69, 9.17) is 43.2 Å². The third-order valence-electron chi connectivity index (χ3n) is 7.89. The summed E-state index contributed by atoms with van der Waals surface area (Å²) in [6, 6.07) is 1.09. The molecule has 3 aromatic heterocycles. The van der Waals surface area contributed by atoms with Crippen LogP contribution >= 0.6 is 18.2 Å². The van der Waals surface area contributed by atoms with Crippen LogP contribution in [-0.4, -0.2) is 122 Å². The normalized spacial score (nSPS) is 26.0. The lowest BCUT2D eigenvalue weighted by atomic mass is 10.1. The van der Waals surface area contributed by atoms with Crippen molar-refractivity contribution in [2.45, 2.75) is 69.2 Å². The fourth-order valence-electron chi connectivity index (χ4n) is 5.33. The number of nitrogens with zero attached hydrogens (tertiary/aromatic N) is 5. The Morgan fingerprint density at radius 1 is 1.14 bits per heavy atom. The summed E-state index contributed by atoms with van der Waals surface area (Å²) in [5.74, 6) is -0.401. The van der Waals surface area contributed by atoms with Crippen molar-refractivity contribution in [1.29, 1.82) is 0 Å². The molecule has 2 aliphatic heterocycles. The molecule has 3 aromatic rings. The number of hydrogen-bond donors (Lipinski definition) is 4. The van der Waals surface area contributed by atoms with E-state index in [-0.39, 0.29) is 25.5 Å². The van der Waals surface area contributed by atoms with Crippen molar-refractivity contribution < 1.29 is 57.0 Å². The summed E-state index contributed by atoms with van der Waals surface area (Å²) in [5, 5.41) is 21.0. The van der Waals surface area contributed by atoms with Crippen LogP contribution < -0.4 is 17.0 Å². The largest absolute Gasteiger partial charge is 0.509 e. The predicted molar refractivity (Wildman–Crippen MR) is 176 cm³/mol. The number of nitrogens with one attached hydrogen (secondary N) is 1. The molecule has 0 radical (unpaired) electrons. The van der Waals surface area contributed by atoms with Crippen molar-refractivity contribution in [2.24, 2.45) is 0 Å². The molecule has 21 nitrogen and oxygen atoms in total. The number of hydrogen-bond acceptors (Lipinski definition) is 19. The number of unbranched alkanes of at least 4 members (excludes halogenated alkanes) is 1.